The van der Waals surface area contributed by atoms with E-state index in [4.69, 9.17) is 27.9 Å². The number of nitrogens with zero attached hydrogens (tertiary/aromatic N) is 4. The van der Waals surface area contributed by atoms with Crippen molar-refractivity contribution in [1.29, 1.82) is 0 Å². The van der Waals surface area contributed by atoms with Crippen molar-refractivity contribution in [3.05, 3.63) is 67.7 Å². The fraction of sp³-hybridized carbons (Fsp3) is 0.516. The molecule has 252 valence electrons. The number of fused-ring (bicyclic) bond motifs is 1. The molecule has 0 unspecified atom stereocenters. The third-order valence-electron chi connectivity index (χ3n) is 7.81. The zero-order chi connectivity index (χ0) is 34.2. The fourth-order valence-corrected chi connectivity index (χ4v) is 7.26. The van der Waals surface area contributed by atoms with Crippen LogP contribution in [0.3, 0.4) is 0 Å². The number of sulfone groups is 1. The van der Waals surface area contributed by atoms with Crippen LogP contribution in [0.5, 0.6) is 0 Å². The van der Waals surface area contributed by atoms with Gasteiger partial charge in [0.1, 0.15) is 5.60 Å². The second kappa shape index (κ2) is 13.7. The van der Waals surface area contributed by atoms with E-state index in [0.29, 0.717) is 32.5 Å². The first kappa shape index (κ1) is 36.0. The molecule has 1 fully saturated rings. The molecule has 3 aromatic rings. The third kappa shape index (κ3) is 7.98. The minimum Gasteiger partial charge on any atom is -0.444 e. The summed E-state index contributed by atoms with van der Waals surface area (Å²) in [6.45, 7) is 9.26. The highest BCUT2D eigenvalue weighted by molar-refractivity contribution is 7.91. The third-order valence-corrected chi connectivity index (χ3v) is 10.3. The second-order valence-electron chi connectivity index (χ2n) is 12.2. The number of ether oxygens (including phenoxy) is 1. The van der Waals surface area contributed by atoms with Crippen LogP contribution in [0.2, 0.25) is 10.0 Å². The minimum atomic E-state index is -4.85. The molecule has 0 saturated carbocycles. The normalized spacial score (nSPS) is 16.5. The topological polar surface area (TPSA) is 102 Å². The Labute approximate surface area is 276 Å². The van der Waals surface area contributed by atoms with E-state index >= 15 is 0 Å². The van der Waals surface area contributed by atoms with Crippen LogP contribution in [0.15, 0.2) is 40.3 Å². The molecule has 1 aliphatic rings. The number of rotatable bonds is 8. The monoisotopic (exact) mass is 704 g/mol. The molecule has 1 aliphatic heterocycles. The van der Waals surface area contributed by atoms with Gasteiger partial charge >= 0.3 is 12.3 Å². The predicted octanol–water partition coefficient (Wildman–Crippen LogP) is 6.79. The predicted molar refractivity (Wildman–Crippen MR) is 171 cm³/mol. The lowest BCUT2D eigenvalue weighted by Gasteiger charge is -2.39. The second-order valence-corrected chi connectivity index (χ2v) is 15.3. The molecule has 0 bridgehead atoms. The van der Waals surface area contributed by atoms with Crippen molar-refractivity contribution >= 4 is 50.0 Å². The smallest absolute Gasteiger partial charge is 0.416 e. The lowest BCUT2D eigenvalue weighted by Crippen LogP contribution is -2.51. The van der Waals surface area contributed by atoms with Crippen LogP contribution in [0.4, 0.5) is 18.0 Å². The van der Waals surface area contributed by atoms with Gasteiger partial charge in [-0.3, -0.25) is 14.3 Å². The van der Waals surface area contributed by atoms with Crippen LogP contribution in [0.25, 0.3) is 10.9 Å². The number of likely N-dealkylation sites (N-methyl/N-ethyl adjacent to an activating group) is 1. The SMILES string of the molecule is CCN(C(=O)OC(C)(C)C)[C@H]1CCCN(Cc2c(C(F)(F)F)cc3c(=O)n(Cc4cc(Cl)ccc4S(=O)(=O)CC)cnc3c2Cl)C1. The summed E-state index contributed by atoms with van der Waals surface area (Å²) in [5.41, 5.74) is -2.72. The van der Waals surface area contributed by atoms with Crippen molar-refractivity contribution in [2.45, 2.75) is 83.3 Å². The Morgan fingerprint density at radius 3 is 2.43 bits per heavy atom. The summed E-state index contributed by atoms with van der Waals surface area (Å²) >= 11 is 12.7. The summed E-state index contributed by atoms with van der Waals surface area (Å²) in [5, 5.41) is -0.427. The lowest BCUT2D eigenvalue weighted by molar-refractivity contribution is -0.138. The molecule has 1 saturated heterocycles. The Morgan fingerprint density at radius 1 is 1.13 bits per heavy atom. The van der Waals surface area contributed by atoms with E-state index < -0.39 is 38.8 Å². The van der Waals surface area contributed by atoms with Gasteiger partial charge in [-0.1, -0.05) is 30.1 Å². The minimum absolute atomic E-state index is 0.0381. The molecule has 15 heteroatoms. The molecule has 1 amide bonds. The average Bonchev–Trinajstić information content (AvgIpc) is 2.95. The molecular formula is C31H37Cl2F3N4O5S. The van der Waals surface area contributed by atoms with Crippen LogP contribution in [-0.2, 0) is 33.8 Å². The number of amides is 1. The van der Waals surface area contributed by atoms with Crippen molar-refractivity contribution < 1.29 is 31.1 Å². The van der Waals surface area contributed by atoms with E-state index in [1.54, 1.807) is 30.6 Å². The Hall–Kier alpha value is -2.87. The lowest BCUT2D eigenvalue weighted by atomic mass is 10.00. The van der Waals surface area contributed by atoms with Crippen LogP contribution in [0.1, 0.15) is 64.2 Å². The molecule has 2 heterocycles. The number of carbonyl (C=O) groups excluding carboxylic acids is 1. The fourth-order valence-electron chi connectivity index (χ4n) is 5.65. The Kier molecular flexibility index (Phi) is 10.7. The van der Waals surface area contributed by atoms with Crippen molar-refractivity contribution in [3.63, 3.8) is 0 Å². The van der Waals surface area contributed by atoms with Crippen LogP contribution in [-0.4, -0.2) is 70.9 Å². The number of benzene rings is 2. The number of hydrogen-bond acceptors (Lipinski definition) is 7. The number of hydrogen-bond donors (Lipinski definition) is 0. The van der Waals surface area contributed by atoms with Gasteiger partial charge in [0.2, 0.25) is 0 Å². The van der Waals surface area contributed by atoms with Gasteiger partial charge in [0.15, 0.2) is 9.84 Å². The molecule has 0 N–H and O–H groups in total. The standard InChI is InChI=1S/C31H37Cl2F3N4O5S/c1-6-40(29(42)45-30(3,4)5)21-9-8-12-38(16-21)17-23-24(31(34,35)36)14-22-27(26(23)33)37-18-39(28(22)41)15-19-13-20(32)10-11-25(19)46(43,44)7-2/h10-11,13-14,18,21H,6-9,12,15-17H2,1-5H3/t21-/m0/s1. The first-order valence-electron chi connectivity index (χ1n) is 14.9. The summed E-state index contributed by atoms with van der Waals surface area (Å²) < 4.78 is 75.5. The molecule has 4 rings (SSSR count). The molecule has 46 heavy (non-hydrogen) atoms. The van der Waals surface area contributed by atoms with Gasteiger partial charge < -0.3 is 9.64 Å². The number of carbonyl (C=O) groups is 1. The summed E-state index contributed by atoms with van der Waals surface area (Å²) in [6, 6.07) is 4.62. The van der Waals surface area contributed by atoms with E-state index in [0.717, 1.165) is 17.0 Å². The summed E-state index contributed by atoms with van der Waals surface area (Å²) in [5.74, 6) is -0.199. The van der Waals surface area contributed by atoms with E-state index in [1.165, 1.54) is 25.1 Å². The van der Waals surface area contributed by atoms with Crippen molar-refractivity contribution in [1.82, 2.24) is 19.4 Å². The van der Waals surface area contributed by atoms with Gasteiger partial charge in [-0.05, 0) is 82.5 Å². The summed E-state index contributed by atoms with van der Waals surface area (Å²) in [4.78, 5) is 34.0. The van der Waals surface area contributed by atoms with Crippen molar-refractivity contribution in [3.8, 4) is 0 Å². The van der Waals surface area contributed by atoms with E-state index in [9.17, 15) is 31.2 Å². The molecule has 2 aromatic carbocycles. The number of aromatic nitrogens is 2. The van der Waals surface area contributed by atoms with Crippen LogP contribution in [0, 0.1) is 0 Å². The Balaban J connectivity index is 1.72. The number of likely N-dealkylation sites (tertiary alicyclic amines) is 1. The number of alkyl halides is 3. The van der Waals surface area contributed by atoms with Gasteiger partial charge in [-0.25, -0.2) is 18.2 Å². The highest BCUT2D eigenvalue weighted by Gasteiger charge is 2.38. The summed E-state index contributed by atoms with van der Waals surface area (Å²) in [7, 11) is -3.70. The van der Waals surface area contributed by atoms with Crippen LogP contribution < -0.4 is 5.56 Å². The Morgan fingerprint density at radius 2 is 1.83 bits per heavy atom. The van der Waals surface area contributed by atoms with Gasteiger partial charge in [-0.2, -0.15) is 13.2 Å². The van der Waals surface area contributed by atoms with Gasteiger partial charge in [0.25, 0.3) is 5.56 Å². The molecular weight excluding hydrogens is 668 g/mol. The van der Waals surface area contributed by atoms with E-state index in [2.05, 4.69) is 4.98 Å². The highest BCUT2D eigenvalue weighted by Crippen LogP contribution is 2.39. The van der Waals surface area contributed by atoms with Gasteiger partial charge in [-0.15, -0.1) is 0 Å². The summed E-state index contributed by atoms with van der Waals surface area (Å²) in [6.07, 6.45) is -2.90. The number of halogens is 5. The molecule has 0 radical (unpaired) electrons. The molecule has 1 atom stereocenters. The zero-order valence-corrected chi connectivity index (χ0v) is 28.6. The average molecular weight is 706 g/mol. The first-order valence-corrected chi connectivity index (χ1v) is 17.3. The maximum absolute atomic E-state index is 14.5. The van der Waals surface area contributed by atoms with Crippen LogP contribution >= 0.6 is 23.2 Å². The molecule has 1 aromatic heterocycles. The van der Waals surface area contributed by atoms with Crippen molar-refractivity contribution in [2.24, 2.45) is 0 Å². The molecule has 0 aliphatic carbocycles. The molecule has 9 nitrogen and oxygen atoms in total. The maximum Gasteiger partial charge on any atom is 0.416 e. The zero-order valence-electron chi connectivity index (χ0n) is 26.2. The maximum atomic E-state index is 14.5. The van der Waals surface area contributed by atoms with Gasteiger partial charge in [0.05, 0.1) is 45.0 Å². The Bertz CT molecular complexity index is 1790. The highest BCUT2D eigenvalue weighted by atomic mass is 35.5. The van der Waals surface area contributed by atoms with Gasteiger partial charge in [0, 0.05) is 30.7 Å². The van der Waals surface area contributed by atoms with E-state index in [-0.39, 0.29) is 61.9 Å². The van der Waals surface area contributed by atoms with Crippen molar-refractivity contribution in [2.75, 3.05) is 25.4 Å². The first-order chi connectivity index (χ1) is 21.4. The number of piperidine rings is 1. The largest absolute Gasteiger partial charge is 0.444 e. The molecule has 0 spiro atoms. The van der Waals surface area contributed by atoms with E-state index in [1.807, 2.05) is 6.92 Å². The quantitative estimate of drug-likeness (QED) is 0.255.